The van der Waals surface area contributed by atoms with E-state index in [0.717, 1.165) is 47.9 Å². The highest BCUT2D eigenvalue weighted by Crippen LogP contribution is 2.59. The minimum atomic E-state index is -0.732. The Kier molecular flexibility index (Phi) is 8.49. The van der Waals surface area contributed by atoms with E-state index in [1.54, 1.807) is 46.2 Å². The number of hydrogen-bond donors (Lipinski definition) is 2. The van der Waals surface area contributed by atoms with Crippen LogP contribution < -0.4 is 10.6 Å². The van der Waals surface area contributed by atoms with Crippen LogP contribution in [0.2, 0.25) is 5.02 Å². The van der Waals surface area contributed by atoms with Crippen molar-refractivity contribution < 1.29 is 19.2 Å². The highest BCUT2D eigenvalue weighted by atomic mass is 35.5. The third-order valence-corrected chi connectivity index (χ3v) is 10.3. The van der Waals surface area contributed by atoms with Crippen LogP contribution in [-0.2, 0) is 27.3 Å². The van der Waals surface area contributed by atoms with Gasteiger partial charge in [0, 0.05) is 65.4 Å². The molecule has 48 heavy (non-hydrogen) atoms. The maximum atomic E-state index is 14.4. The topological polar surface area (TPSA) is 139 Å². The minimum absolute atomic E-state index is 0.00194. The molecule has 0 spiro atoms. The average molecular weight is 668 g/mol. The number of Topliss-reactive ketones (excluding diaryl/α,β-unsaturated/α-hetero) is 1. The summed E-state index contributed by atoms with van der Waals surface area (Å²) in [6.07, 6.45) is 9.30. The lowest BCUT2D eigenvalue weighted by molar-refractivity contribution is -0.138. The number of nitrogens with one attached hydrogen (secondary N) is 2. The number of hydrogen-bond acceptors (Lipinski definition) is 7. The number of ketones is 1. The summed E-state index contributed by atoms with van der Waals surface area (Å²) in [6, 6.07) is 9.92. The first-order chi connectivity index (χ1) is 23.1. The molecule has 1 saturated carbocycles. The van der Waals surface area contributed by atoms with Crippen LogP contribution in [0.15, 0.2) is 48.8 Å². The van der Waals surface area contributed by atoms with Gasteiger partial charge in [-0.1, -0.05) is 24.4 Å². The highest BCUT2D eigenvalue weighted by molar-refractivity contribution is 6.30. The Bertz CT molecular complexity index is 1920. The molecule has 7 rings (SSSR count). The first-order valence-corrected chi connectivity index (χ1v) is 17.0. The van der Waals surface area contributed by atoms with E-state index >= 15 is 0 Å². The average Bonchev–Trinajstić information content (AvgIpc) is 3.47. The predicted molar refractivity (Wildman–Crippen MR) is 181 cm³/mol. The number of benzene rings is 2. The second kappa shape index (κ2) is 12.8. The van der Waals surface area contributed by atoms with Gasteiger partial charge in [-0.3, -0.25) is 23.9 Å². The van der Waals surface area contributed by atoms with Gasteiger partial charge in [0.25, 0.3) is 0 Å². The number of carbonyl (C=O) groups is 4. The molecule has 4 aromatic rings. The number of piperidine rings is 1. The number of halogens is 1. The zero-order valence-corrected chi connectivity index (χ0v) is 27.8. The maximum Gasteiger partial charge on any atom is 0.247 e. The van der Waals surface area contributed by atoms with Gasteiger partial charge in [-0.15, -0.1) is 0 Å². The summed E-state index contributed by atoms with van der Waals surface area (Å²) >= 11 is 6.05. The second-order valence-electron chi connectivity index (χ2n) is 13.4. The normalized spacial score (nSPS) is 22.9. The van der Waals surface area contributed by atoms with E-state index in [1.165, 1.54) is 6.92 Å². The zero-order valence-electron chi connectivity index (χ0n) is 27.1. The standard InChI is InChI=1S/C36H38ClN7O4/c1-21(45)33-28-14-24(25-17-38-22(2)39-18-25)13-23-7-5-3-4-6-8-31(46)40-20-36-15-29(35(48)41-27-11-9-26(37)10-12-27)44(30(36)16-36)32(47)19-43(42-33)34(23)28/h9-14,17-18,29-30H,3-8,15-16,19-20H2,1-2H3,(H,40,46)(H,41,48)/t29-,30+,36-/m0/s1. The van der Waals surface area contributed by atoms with Crippen molar-refractivity contribution in [3.8, 4) is 11.1 Å². The van der Waals surface area contributed by atoms with Gasteiger partial charge in [-0.05, 0) is 86.6 Å². The van der Waals surface area contributed by atoms with Crippen molar-refractivity contribution in [1.82, 2.24) is 30.0 Å². The van der Waals surface area contributed by atoms with Crippen molar-refractivity contribution in [2.75, 3.05) is 11.9 Å². The van der Waals surface area contributed by atoms with Gasteiger partial charge >= 0.3 is 0 Å². The third kappa shape index (κ3) is 6.19. The number of nitrogens with zero attached hydrogens (tertiary/aromatic N) is 5. The van der Waals surface area contributed by atoms with Crippen molar-refractivity contribution in [3.05, 3.63) is 70.9 Å². The number of aromatic nitrogens is 4. The Balaban J connectivity index is 1.28. The lowest BCUT2D eigenvalue weighted by Gasteiger charge is -2.27. The molecule has 0 unspecified atom stereocenters. The number of carbonyl (C=O) groups excluding carboxylic acids is 4. The van der Waals surface area contributed by atoms with Crippen LogP contribution in [0.3, 0.4) is 0 Å². The molecular weight excluding hydrogens is 630 g/mol. The number of aryl methyl sites for hydroxylation is 2. The Labute approximate surface area is 283 Å². The monoisotopic (exact) mass is 667 g/mol. The minimum Gasteiger partial charge on any atom is -0.355 e. The van der Waals surface area contributed by atoms with Crippen LogP contribution in [-0.4, -0.2) is 66.8 Å². The fourth-order valence-corrected chi connectivity index (χ4v) is 7.56. The smallest absolute Gasteiger partial charge is 0.247 e. The first kappa shape index (κ1) is 31.9. The van der Waals surface area contributed by atoms with Gasteiger partial charge in [0.2, 0.25) is 17.7 Å². The third-order valence-electron chi connectivity index (χ3n) is 10.0. The number of rotatable bonds is 4. The van der Waals surface area contributed by atoms with Crippen LogP contribution in [0, 0.1) is 12.3 Å². The van der Waals surface area contributed by atoms with Crippen LogP contribution in [0.1, 0.15) is 73.7 Å². The molecule has 1 aliphatic carbocycles. The molecule has 3 atom stereocenters. The molecule has 2 bridgehead atoms. The maximum absolute atomic E-state index is 14.4. The SMILES string of the molecule is CC(=O)c1nn2c3c(cc(-c4cnc(C)nc4)cc13)CCCCCCC(=O)NC[C@@]13C[C@@H](C(=O)Nc4ccc(Cl)cc4)N(C(=O)C2)[C@@H]1C3. The molecule has 2 aromatic carbocycles. The van der Waals surface area contributed by atoms with Gasteiger partial charge < -0.3 is 15.5 Å². The quantitative estimate of drug-likeness (QED) is 0.282. The van der Waals surface area contributed by atoms with Gasteiger partial charge in [0.05, 0.1) is 5.52 Å². The molecule has 248 valence electrons. The summed E-state index contributed by atoms with van der Waals surface area (Å²) in [6.45, 7) is 3.60. The molecule has 0 radical (unpaired) electrons. The van der Waals surface area contributed by atoms with Crippen LogP contribution in [0.4, 0.5) is 5.69 Å². The van der Waals surface area contributed by atoms with Crippen molar-refractivity contribution >= 4 is 51.7 Å². The summed E-state index contributed by atoms with van der Waals surface area (Å²) in [5.74, 6) is -0.0887. The van der Waals surface area contributed by atoms with Crippen LogP contribution in [0.25, 0.3) is 22.0 Å². The Hall–Kier alpha value is -4.64. The van der Waals surface area contributed by atoms with Crippen molar-refractivity contribution in [1.29, 1.82) is 0 Å². The summed E-state index contributed by atoms with van der Waals surface area (Å²) in [5.41, 5.74) is 3.92. The lowest BCUT2D eigenvalue weighted by Crippen LogP contribution is -2.46. The highest BCUT2D eigenvalue weighted by Gasteiger charge is 2.67. The fraction of sp³-hybridized carbons (Fsp3) is 0.417. The van der Waals surface area contributed by atoms with Crippen molar-refractivity contribution in [3.63, 3.8) is 0 Å². The van der Waals surface area contributed by atoms with E-state index in [2.05, 4.69) is 26.7 Å². The van der Waals surface area contributed by atoms with Gasteiger partial charge in [-0.2, -0.15) is 5.10 Å². The van der Waals surface area contributed by atoms with E-state index in [4.69, 9.17) is 16.7 Å². The molecule has 2 aliphatic heterocycles. The fourth-order valence-electron chi connectivity index (χ4n) is 7.43. The summed E-state index contributed by atoms with van der Waals surface area (Å²) in [5, 5.41) is 12.0. The molecule has 2 fully saturated rings. The molecule has 1 saturated heterocycles. The van der Waals surface area contributed by atoms with Crippen LogP contribution >= 0.6 is 11.6 Å². The van der Waals surface area contributed by atoms with Crippen molar-refractivity contribution in [2.45, 2.75) is 83.8 Å². The largest absolute Gasteiger partial charge is 0.355 e. The zero-order chi connectivity index (χ0) is 33.6. The molecule has 3 amide bonds. The van der Waals surface area contributed by atoms with E-state index in [0.29, 0.717) is 59.8 Å². The second-order valence-corrected chi connectivity index (χ2v) is 13.8. The molecule has 11 nitrogen and oxygen atoms in total. The van der Waals surface area contributed by atoms with Crippen LogP contribution in [0.5, 0.6) is 0 Å². The van der Waals surface area contributed by atoms with E-state index in [9.17, 15) is 19.2 Å². The Morgan fingerprint density at radius 3 is 2.44 bits per heavy atom. The number of amides is 3. The molecule has 2 N–H and O–H groups in total. The van der Waals surface area contributed by atoms with Gasteiger partial charge in [-0.25, -0.2) is 9.97 Å². The summed E-state index contributed by atoms with van der Waals surface area (Å²) in [4.78, 5) is 64.3. The Morgan fingerprint density at radius 2 is 1.71 bits per heavy atom. The predicted octanol–water partition coefficient (Wildman–Crippen LogP) is 5.28. The summed E-state index contributed by atoms with van der Waals surface area (Å²) < 4.78 is 1.65. The molecule has 4 heterocycles. The van der Waals surface area contributed by atoms with Gasteiger partial charge in [0.1, 0.15) is 24.1 Å². The molecule has 12 heteroatoms. The van der Waals surface area contributed by atoms with Crippen molar-refractivity contribution in [2.24, 2.45) is 5.41 Å². The number of anilines is 1. The Morgan fingerprint density at radius 1 is 0.979 bits per heavy atom. The van der Waals surface area contributed by atoms with Gasteiger partial charge in [0.15, 0.2) is 5.78 Å². The molecule has 2 aromatic heterocycles. The lowest BCUT2D eigenvalue weighted by atomic mass is 9.96. The molecule has 3 aliphatic rings. The summed E-state index contributed by atoms with van der Waals surface area (Å²) in [7, 11) is 0. The van der Waals surface area contributed by atoms with E-state index in [1.807, 2.05) is 13.0 Å². The first-order valence-electron chi connectivity index (χ1n) is 16.6. The molecular formula is C36H38ClN7O4. The van der Waals surface area contributed by atoms with E-state index < -0.39 is 6.04 Å². The van der Waals surface area contributed by atoms with E-state index in [-0.39, 0.29) is 41.5 Å².